The Bertz CT molecular complexity index is 656. The maximum absolute atomic E-state index is 12.0. The first-order valence-electron chi connectivity index (χ1n) is 4.82. The molecule has 0 saturated heterocycles. The minimum absolute atomic E-state index is 0.0391. The van der Waals surface area contributed by atoms with Gasteiger partial charge in [-0.2, -0.15) is 0 Å². The van der Waals surface area contributed by atoms with Crippen LogP contribution in [0.5, 0.6) is 5.75 Å². The van der Waals surface area contributed by atoms with E-state index in [4.69, 9.17) is 46.4 Å². The highest BCUT2D eigenvalue weighted by atomic mass is 35.5. The number of thiophene rings is 1. The second-order valence-corrected chi connectivity index (χ2v) is 6.61. The molecule has 0 saturated carbocycles. The third kappa shape index (κ3) is 3.27. The predicted molar refractivity (Wildman–Crippen MR) is 80.4 cm³/mol. The first kappa shape index (κ1) is 14.8. The standard InChI is InChI=1S/C11H5Cl4NO2S/c12-4-1-6(13)9(17)7(2-4)16-11(18)5-3-8(14)19-10(5)15/h1-3,17H,(H,16,18). The number of halogens is 4. The van der Waals surface area contributed by atoms with Gasteiger partial charge in [-0.1, -0.05) is 46.4 Å². The van der Waals surface area contributed by atoms with E-state index >= 15 is 0 Å². The van der Waals surface area contributed by atoms with Gasteiger partial charge in [0, 0.05) is 5.02 Å². The van der Waals surface area contributed by atoms with Gasteiger partial charge in [-0.3, -0.25) is 4.79 Å². The number of nitrogens with one attached hydrogen (secondary N) is 1. The Hall–Kier alpha value is -0.650. The van der Waals surface area contributed by atoms with Crippen molar-refractivity contribution >= 4 is 69.3 Å². The number of aromatic hydroxyl groups is 1. The minimum atomic E-state index is -0.512. The number of hydrogen-bond acceptors (Lipinski definition) is 3. The van der Waals surface area contributed by atoms with E-state index in [1.54, 1.807) is 0 Å². The molecule has 1 aromatic carbocycles. The summed E-state index contributed by atoms with van der Waals surface area (Å²) in [6.07, 6.45) is 0. The van der Waals surface area contributed by atoms with Gasteiger partial charge in [-0.15, -0.1) is 11.3 Å². The van der Waals surface area contributed by atoms with Crippen LogP contribution in [-0.4, -0.2) is 11.0 Å². The Morgan fingerprint density at radius 2 is 1.84 bits per heavy atom. The minimum Gasteiger partial charge on any atom is -0.504 e. The van der Waals surface area contributed by atoms with E-state index in [0.717, 1.165) is 11.3 Å². The molecule has 0 bridgehead atoms. The molecule has 0 fully saturated rings. The second kappa shape index (κ2) is 5.77. The van der Waals surface area contributed by atoms with Crippen LogP contribution in [0.25, 0.3) is 0 Å². The smallest absolute Gasteiger partial charge is 0.258 e. The average Bonchev–Trinajstić information content (AvgIpc) is 2.64. The normalized spacial score (nSPS) is 10.5. The lowest BCUT2D eigenvalue weighted by Gasteiger charge is -2.08. The first-order valence-corrected chi connectivity index (χ1v) is 7.15. The van der Waals surface area contributed by atoms with Crippen molar-refractivity contribution in [3.63, 3.8) is 0 Å². The molecule has 100 valence electrons. The summed E-state index contributed by atoms with van der Waals surface area (Å²) >= 11 is 24.2. The van der Waals surface area contributed by atoms with Crippen LogP contribution in [0.2, 0.25) is 18.7 Å². The van der Waals surface area contributed by atoms with E-state index in [2.05, 4.69) is 5.32 Å². The van der Waals surface area contributed by atoms with E-state index in [1.807, 2.05) is 0 Å². The van der Waals surface area contributed by atoms with Gasteiger partial charge in [0.05, 0.1) is 20.6 Å². The zero-order chi connectivity index (χ0) is 14.2. The van der Waals surface area contributed by atoms with Crippen molar-refractivity contribution in [3.05, 3.63) is 42.5 Å². The van der Waals surface area contributed by atoms with Gasteiger partial charge in [-0.25, -0.2) is 0 Å². The quantitative estimate of drug-likeness (QED) is 0.715. The molecule has 2 aromatic rings. The number of hydrogen-bond donors (Lipinski definition) is 2. The topological polar surface area (TPSA) is 49.3 Å². The fourth-order valence-corrected chi connectivity index (χ4v) is 3.30. The summed E-state index contributed by atoms with van der Waals surface area (Å²) in [4.78, 5) is 12.0. The molecule has 2 rings (SSSR count). The van der Waals surface area contributed by atoms with Crippen molar-refractivity contribution in [2.75, 3.05) is 5.32 Å². The summed E-state index contributed by atoms with van der Waals surface area (Å²) < 4.78 is 0.651. The summed E-state index contributed by atoms with van der Waals surface area (Å²) in [6, 6.07) is 4.18. The van der Waals surface area contributed by atoms with E-state index in [1.165, 1.54) is 18.2 Å². The molecule has 0 aliphatic carbocycles. The second-order valence-electron chi connectivity index (χ2n) is 3.48. The number of rotatable bonds is 2. The Labute approximate surface area is 132 Å². The zero-order valence-electron chi connectivity index (χ0n) is 9.01. The van der Waals surface area contributed by atoms with Crippen LogP contribution in [0.15, 0.2) is 18.2 Å². The highest BCUT2D eigenvalue weighted by Crippen LogP contribution is 2.36. The van der Waals surface area contributed by atoms with Crippen LogP contribution in [0.1, 0.15) is 10.4 Å². The lowest BCUT2D eigenvalue weighted by molar-refractivity contribution is 0.102. The number of phenolic OH excluding ortho intramolecular Hbond substituents is 1. The maximum Gasteiger partial charge on any atom is 0.258 e. The molecule has 19 heavy (non-hydrogen) atoms. The Morgan fingerprint density at radius 1 is 1.16 bits per heavy atom. The van der Waals surface area contributed by atoms with Gasteiger partial charge in [0.25, 0.3) is 5.91 Å². The molecule has 3 nitrogen and oxygen atoms in total. The summed E-state index contributed by atoms with van der Waals surface area (Å²) in [7, 11) is 0. The lowest BCUT2D eigenvalue weighted by atomic mass is 10.2. The Balaban J connectivity index is 2.31. The monoisotopic (exact) mass is 355 g/mol. The third-order valence-corrected chi connectivity index (χ3v) is 4.17. The fourth-order valence-electron chi connectivity index (χ4n) is 1.35. The number of carbonyl (C=O) groups is 1. The molecule has 8 heteroatoms. The molecule has 0 atom stereocenters. The largest absolute Gasteiger partial charge is 0.504 e. The molecule has 0 aliphatic rings. The van der Waals surface area contributed by atoms with Gasteiger partial charge in [0.2, 0.25) is 0 Å². The van der Waals surface area contributed by atoms with Crippen molar-refractivity contribution in [1.29, 1.82) is 0 Å². The summed E-state index contributed by atoms with van der Waals surface area (Å²) in [5.74, 6) is -0.779. The molecule has 0 spiro atoms. The summed E-state index contributed by atoms with van der Waals surface area (Å²) in [6.45, 7) is 0. The fraction of sp³-hybridized carbons (Fsp3) is 0. The average molecular weight is 357 g/mol. The van der Waals surface area contributed by atoms with Crippen molar-refractivity contribution in [2.45, 2.75) is 0 Å². The van der Waals surface area contributed by atoms with E-state index in [9.17, 15) is 9.90 Å². The molecule has 0 aliphatic heterocycles. The molecular formula is C11H5Cl4NO2S. The van der Waals surface area contributed by atoms with Gasteiger partial charge >= 0.3 is 0 Å². The van der Waals surface area contributed by atoms with E-state index < -0.39 is 5.91 Å². The van der Waals surface area contributed by atoms with Gasteiger partial charge in [-0.05, 0) is 18.2 Å². The number of anilines is 1. The van der Waals surface area contributed by atoms with Gasteiger partial charge in [0.1, 0.15) is 4.34 Å². The van der Waals surface area contributed by atoms with E-state index in [-0.39, 0.29) is 31.4 Å². The zero-order valence-corrected chi connectivity index (χ0v) is 12.8. The van der Waals surface area contributed by atoms with Crippen molar-refractivity contribution in [3.8, 4) is 5.75 Å². The number of amides is 1. The molecule has 0 radical (unpaired) electrons. The Kier molecular flexibility index (Phi) is 4.48. The molecule has 1 heterocycles. The predicted octanol–water partition coefficient (Wildman–Crippen LogP) is 5.32. The van der Waals surface area contributed by atoms with Crippen LogP contribution in [0.3, 0.4) is 0 Å². The van der Waals surface area contributed by atoms with Crippen LogP contribution < -0.4 is 5.32 Å². The third-order valence-electron chi connectivity index (χ3n) is 2.18. The summed E-state index contributed by atoms with van der Waals surface area (Å²) in [5, 5.41) is 12.5. The van der Waals surface area contributed by atoms with Crippen LogP contribution in [0.4, 0.5) is 5.69 Å². The number of phenols is 1. The first-order chi connectivity index (χ1) is 8.88. The highest BCUT2D eigenvalue weighted by molar-refractivity contribution is 7.20. The van der Waals surface area contributed by atoms with Crippen molar-refractivity contribution < 1.29 is 9.90 Å². The van der Waals surface area contributed by atoms with Gasteiger partial charge in [0.15, 0.2) is 5.75 Å². The SMILES string of the molecule is O=C(Nc1cc(Cl)cc(Cl)c1O)c1cc(Cl)sc1Cl. The number of carbonyl (C=O) groups excluding carboxylic acids is 1. The van der Waals surface area contributed by atoms with Crippen molar-refractivity contribution in [2.24, 2.45) is 0 Å². The highest BCUT2D eigenvalue weighted by Gasteiger charge is 2.17. The lowest BCUT2D eigenvalue weighted by Crippen LogP contribution is -2.11. The number of benzene rings is 1. The Morgan fingerprint density at radius 3 is 2.42 bits per heavy atom. The van der Waals surface area contributed by atoms with Crippen LogP contribution in [0, 0.1) is 0 Å². The molecule has 1 amide bonds. The summed E-state index contributed by atoms with van der Waals surface area (Å²) in [5.41, 5.74) is 0.313. The molecule has 2 N–H and O–H groups in total. The van der Waals surface area contributed by atoms with Gasteiger partial charge < -0.3 is 10.4 Å². The maximum atomic E-state index is 12.0. The molecular weight excluding hydrogens is 352 g/mol. The van der Waals surface area contributed by atoms with Crippen LogP contribution >= 0.6 is 57.7 Å². The molecule has 1 aromatic heterocycles. The van der Waals surface area contributed by atoms with Crippen molar-refractivity contribution in [1.82, 2.24) is 0 Å². The van der Waals surface area contributed by atoms with E-state index in [0.29, 0.717) is 4.34 Å². The van der Waals surface area contributed by atoms with Crippen LogP contribution in [-0.2, 0) is 0 Å². The molecule has 0 unspecified atom stereocenters.